The van der Waals surface area contributed by atoms with E-state index in [1.165, 1.54) is 12.1 Å². The van der Waals surface area contributed by atoms with Crippen LogP contribution in [0, 0.1) is 5.92 Å². The number of likely N-dealkylation sites (tertiary alicyclic amines) is 1. The van der Waals surface area contributed by atoms with Crippen LogP contribution in [0.1, 0.15) is 32.7 Å². The van der Waals surface area contributed by atoms with Crippen LogP contribution in [0.2, 0.25) is 0 Å². The SMILES string of the molecule is O=C(O)c1cccc(C(=O)NCC2CC(=O)N(Cc3ccccc3)C2)c1. The second kappa shape index (κ2) is 7.82. The summed E-state index contributed by atoms with van der Waals surface area (Å²) in [5, 5.41) is 11.8. The van der Waals surface area contributed by atoms with E-state index >= 15 is 0 Å². The molecular formula is C20H20N2O4. The number of amides is 2. The van der Waals surface area contributed by atoms with Crippen LogP contribution in [0.25, 0.3) is 0 Å². The largest absolute Gasteiger partial charge is 0.478 e. The van der Waals surface area contributed by atoms with Gasteiger partial charge in [-0.2, -0.15) is 0 Å². The first-order valence-electron chi connectivity index (χ1n) is 8.46. The van der Waals surface area contributed by atoms with E-state index < -0.39 is 5.97 Å². The Kier molecular flexibility index (Phi) is 5.31. The number of aromatic carboxylic acids is 1. The Balaban J connectivity index is 1.54. The highest BCUT2D eigenvalue weighted by molar-refractivity contribution is 5.97. The molecule has 1 saturated heterocycles. The van der Waals surface area contributed by atoms with E-state index in [9.17, 15) is 14.4 Å². The van der Waals surface area contributed by atoms with Crippen LogP contribution in [0.15, 0.2) is 54.6 Å². The molecule has 1 aliphatic heterocycles. The van der Waals surface area contributed by atoms with Crippen molar-refractivity contribution < 1.29 is 19.5 Å². The van der Waals surface area contributed by atoms with Gasteiger partial charge >= 0.3 is 5.97 Å². The van der Waals surface area contributed by atoms with Crippen LogP contribution >= 0.6 is 0 Å². The first kappa shape index (κ1) is 17.7. The van der Waals surface area contributed by atoms with Crippen molar-refractivity contribution in [1.82, 2.24) is 10.2 Å². The third kappa shape index (κ3) is 4.27. The number of benzene rings is 2. The Bertz CT molecular complexity index is 820. The van der Waals surface area contributed by atoms with Gasteiger partial charge in [-0.15, -0.1) is 0 Å². The summed E-state index contributed by atoms with van der Waals surface area (Å²) < 4.78 is 0. The molecule has 26 heavy (non-hydrogen) atoms. The fourth-order valence-electron chi connectivity index (χ4n) is 3.08. The highest BCUT2D eigenvalue weighted by Gasteiger charge is 2.29. The lowest BCUT2D eigenvalue weighted by Crippen LogP contribution is -2.31. The molecule has 1 heterocycles. The smallest absolute Gasteiger partial charge is 0.335 e. The predicted octanol–water partition coefficient (Wildman–Crippen LogP) is 2.16. The molecule has 1 atom stereocenters. The van der Waals surface area contributed by atoms with Crippen molar-refractivity contribution in [2.24, 2.45) is 5.92 Å². The van der Waals surface area contributed by atoms with Crippen LogP contribution in [-0.2, 0) is 11.3 Å². The summed E-state index contributed by atoms with van der Waals surface area (Å²) in [6, 6.07) is 15.7. The molecule has 0 radical (unpaired) electrons. The number of nitrogens with zero attached hydrogens (tertiary/aromatic N) is 1. The molecule has 2 amide bonds. The zero-order valence-corrected chi connectivity index (χ0v) is 14.2. The molecule has 134 valence electrons. The number of carbonyl (C=O) groups is 3. The van der Waals surface area contributed by atoms with E-state index in [1.54, 1.807) is 17.0 Å². The normalized spacial score (nSPS) is 16.5. The molecule has 1 unspecified atom stereocenters. The average Bonchev–Trinajstić information content (AvgIpc) is 3.00. The highest BCUT2D eigenvalue weighted by Crippen LogP contribution is 2.19. The third-order valence-corrected chi connectivity index (χ3v) is 4.43. The molecule has 6 nitrogen and oxygen atoms in total. The molecular weight excluding hydrogens is 332 g/mol. The van der Waals surface area contributed by atoms with Gasteiger partial charge in [-0.3, -0.25) is 9.59 Å². The number of hydrogen-bond donors (Lipinski definition) is 2. The molecule has 3 rings (SSSR count). The standard InChI is InChI=1S/C20H20N2O4/c23-18-9-15(13-22(18)12-14-5-2-1-3-6-14)11-21-19(24)16-7-4-8-17(10-16)20(25)26/h1-8,10,15H,9,11-13H2,(H,21,24)(H,25,26). The van der Waals surface area contributed by atoms with Gasteiger partial charge in [0.2, 0.25) is 5.91 Å². The average molecular weight is 352 g/mol. The maximum absolute atomic E-state index is 12.2. The molecule has 2 aromatic rings. The molecule has 1 fully saturated rings. The van der Waals surface area contributed by atoms with Crippen molar-refractivity contribution in [3.8, 4) is 0 Å². The minimum absolute atomic E-state index is 0.0535. The summed E-state index contributed by atoms with van der Waals surface area (Å²) in [5.74, 6) is -1.27. The lowest BCUT2D eigenvalue weighted by atomic mass is 10.1. The van der Waals surface area contributed by atoms with Gasteiger partial charge in [-0.05, 0) is 23.8 Å². The summed E-state index contributed by atoms with van der Waals surface area (Å²) in [6.07, 6.45) is 0.405. The van der Waals surface area contributed by atoms with Crippen molar-refractivity contribution in [2.75, 3.05) is 13.1 Å². The Labute approximate surface area is 151 Å². The first-order valence-corrected chi connectivity index (χ1v) is 8.46. The molecule has 2 aromatic carbocycles. The number of rotatable bonds is 6. The lowest BCUT2D eigenvalue weighted by molar-refractivity contribution is -0.128. The fraction of sp³-hybridized carbons (Fsp3) is 0.250. The summed E-state index contributed by atoms with van der Waals surface area (Å²) in [4.78, 5) is 37.2. The molecule has 0 saturated carbocycles. The summed E-state index contributed by atoms with van der Waals surface area (Å²) in [6.45, 7) is 1.56. The van der Waals surface area contributed by atoms with Gasteiger partial charge in [0, 0.05) is 37.5 Å². The van der Waals surface area contributed by atoms with Crippen LogP contribution in [0.4, 0.5) is 0 Å². The Morgan fingerprint density at radius 2 is 1.81 bits per heavy atom. The van der Waals surface area contributed by atoms with Crippen LogP contribution in [0.3, 0.4) is 0 Å². The van der Waals surface area contributed by atoms with Crippen molar-refractivity contribution in [2.45, 2.75) is 13.0 Å². The topological polar surface area (TPSA) is 86.7 Å². The Morgan fingerprint density at radius 3 is 2.54 bits per heavy atom. The zero-order valence-electron chi connectivity index (χ0n) is 14.2. The van der Waals surface area contributed by atoms with E-state index in [0.717, 1.165) is 5.56 Å². The molecule has 0 aliphatic carbocycles. The molecule has 6 heteroatoms. The number of carbonyl (C=O) groups excluding carboxylic acids is 2. The second-order valence-corrected chi connectivity index (χ2v) is 6.43. The van der Waals surface area contributed by atoms with Crippen LogP contribution in [-0.4, -0.2) is 40.9 Å². The minimum Gasteiger partial charge on any atom is -0.478 e. The van der Waals surface area contributed by atoms with Gasteiger partial charge in [0.25, 0.3) is 5.91 Å². The molecule has 2 N–H and O–H groups in total. The van der Waals surface area contributed by atoms with Crippen molar-refractivity contribution >= 4 is 17.8 Å². The third-order valence-electron chi connectivity index (χ3n) is 4.43. The number of carboxylic acids is 1. The number of hydrogen-bond acceptors (Lipinski definition) is 3. The summed E-state index contributed by atoms with van der Waals surface area (Å²) in [5.41, 5.74) is 1.45. The summed E-state index contributed by atoms with van der Waals surface area (Å²) in [7, 11) is 0. The van der Waals surface area contributed by atoms with E-state index in [0.29, 0.717) is 31.6 Å². The van der Waals surface area contributed by atoms with E-state index in [2.05, 4.69) is 5.32 Å². The van der Waals surface area contributed by atoms with E-state index in [-0.39, 0.29) is 23.3 Å². The fourth-order valence-corrected chi connectivity index (χ4v) is 3.08. The van der Waals surface area contributed by atoms with E-state index in [1.807, 2.05) is 30.3 Å². The van der Waals surface area contributed by atoms with Gasteiger partial charge in [-0.1, -0.05) is 36.4 Å². The van der Waals surface area contributed by atoms with Crippen LogP contribution < -0.4 is 5.32 Å². The van der Waals surface area contributed by atoms with Crippen LogP contribution in [0.5, 0.6) is 0 Å². The molecule has 1 aliphatic rings. The molecule has 0 bridgehead atoms. The van der Waals surface area contributed by atoms with Crippen molar-refractivity contribution in [3.63, 3.8) is 0 Å². The van der Waals surface area contributed by atoms with E-state index in [4.69, 9.17) is 5.11 Å². The Morgan fingerprint density at radius 1 is 1.08 bits per heavy atom. The molecule has 0 spiro atoms. The lowest BCUT2D eigenvalue weighted by Gasteiger charge is -2.17. The minimum atomic E-state index is -1.07. The second-order valence-electron chi connectivity index (χ2n) is 6.43. The molecule has 0 aromatic heterocycles. The van der Waals surface area contributed by atoms with Gasteiger partial charge in [0.1, 0.15) is 0 Å². The maximum Gasteiger partial charge on any atom is 0.335 e. The number of nitrogens with one attached hydrogen (secondary N) is 1. The monoisotopic (exact) mass is 352 g/mol. The zero-order chi connectivity index (χ0) is 18.5. The van der Waals surface area contributed by atoms with Crippen molar-refractivity contribution in [3.05, 3.63) is 71.3 Å². The Hall–Kier alpha value is -3.15. The van der Waals surface area contributed by atoms with Gasteiger partial charge < -0.3 is 15.3 Å². The van der Waals surface area contributed by atoms with Gasteiger partial charge in [-0.25, -0.2) is 4.79 Å². The van der Waals surface area contributed by atoms with Gasteiger partial charge in [0.15, 0.2) is 0 Å². The maximum atomic E-state index is 12.2. The first-order chi connectivity index (χ1) is 12.5. The number of carboxylic acid groups (broad SMARTS) is 1. The van der Waals surface area contributed by atoms with Gasteiger partial charge in [0.05, 0.1) is 5.56 Å². The van der Waals surface area contributed by atoms with Crippen molar-refractivity contribution in [1.29, 1.82) is 0 Å². The predicted molar refractivity (Wildman–Crippen MR) is 95.7 cm³/mol. The highest BCUT2D eigenvalue weighted by atomic mass is 16.4. The summed E-state index contributed by atoms with van der Waals surface area (Å²) >= 11 is 0. The quantitative estimate of drug-likeness (QED) is 0.834.